The third kappa shape index (κ3) is 5.48. The first-order chi connectivity index (χ1) is 15.0. The van der Waals surface area contributed by atoms with Gasteiger partial charge in [0.25, 0.3) is 11.8 Å². The first kappa shape index (κ1) is 21.6. The smallest absolute Gasteiger partial charge is 0.271 e. The number of benzene rings is 3. The van der Waals surface area contributed by atoms with Gasteiger partial charge >= 0.3 is 0 Å². The van der Waals surface area contributed by atoms with Gasteiger partial charge in [-0.25, -0.2) is 5.43 Å². The highest BCUT2D eigenvalue weighted by Gasteiger charge is 2.10. The van der Waals surface area contributed by atoms with Gasteiger partial charge in [0.1, 0.15) is 11.5 Å². The number of carbonyl (C=O) groups excluding carboxylic acids is 2. The van der Waals surface area contributed by atoms with Crippen LogP contribution < -0.4 is 20.2 Å². The molecule has 158 valence electrons. The molecule has 0 bridgehead atoms. The summed E-state index contributed by atoms with van der Waals surface area (Å²) < 4.78 is 10.5. The van der Waals surface area contributed by atoms with E-state index in [2.05, 4.69) is 15.8 Å². The summed E-state index contributed by atoms with van der Waals surface area (Å²) in [4.78, 5) is 24.7. The van der Waals surface area contributed by atoms with E-state index in [1.807, 2.05) is 25.1 Å². The van der Waals surface area contributed by atoms with Gasteiger partial charge < -0.3 is 14.8 Å². The molecule has 0 aliphatic rings. The van der Waals surface area contributed by atoms with Crippen molar-refractivity contribution in [2.24, 2.45) is 5.10 Å². The third-order valence-electron chi connectivity index (χ3n) is 4.61. The summed E-state index contributed by atoms with van der Waals surface area (Å²) in [5.41, 5.74) is 5.67. The van der Waals surface area contributed by atoms with E-state index in [0.29, 0.717) is 33.9 Å². The van der Waals surface area contributed by atoms with E-state index in [0.717, 1.165) is 5.56 Å². The molecular weight excluding hydrogens is 394 g/mol. The van der Waals surface area contributed by atoms with E-state index in [9.17, 15) is 9.59 Å². The van der Waals surface area contributed by atoms with E-state index in [-0.39, 0.29) is 11.8 Å². The van der Waals surface area contributed by atoms with Gasteiger partial charge in [0.05, 0.1) is 20.4 Å². The molecular formula is C24H23N3O4. The lowest BCUT2D eigenvalue weighted by atomic mass is 10.1. The van der Waals surface area contributed by atoms with Gasteiger partial charge in [-0.15, -0.1) is 0 Å². The number of methoxy groups -OCH3 is 2. The molecule has 0 aliphatic heterocycles. The molecule has 0 aliphatic carbocycles. The highest BCUT2D eigenvalue weighted by Crippen LogP contribution is 2.23. The summed E-state index contributed by atoms with van der Waals surface area (Å²) in [5, 5.41) is 6.81. The summed E-state index contributed by atoms with van der Waals surface area (Å²) in [6.07, 6.45) is 1.49. The van der Waals surface area contributed by atoms with Gasteiger partial charge in [-0.3, -0.25) is 9.59 Å². The van der Waals surface area contributed by atoms with Crippen LogP contribution in [0.5, 0.6) is 11.5 Å². The standard InChI is InChI=1S/C24H23N3O4/c1-16-6-4-5-7-21(16)24(29)26-19-11-8-17(9-12-19)23(28)27-25-15-18-10-13-20(30-2)14-22(18)31-3/h4-15H,1-3H3,(H,26,29)(H,27,28). The van der Waals surface area contributed by atoms with Crippen molar-refractivity contribution in [1.29, 1.82) is 0 Å². The van der Waals surface area contributed by atoms with Crippen molar-refractivity contribution in [3.63, 3.8) is 0 Å². The molecule has 0 heterocycles. The second kappa shape index (κ2) is 10.1. The zero-order valence-electron chi connectivity index (χ0n) is 17.5. The molecule has 0 saturated carbocycles. The van der Waals surface area contributed by atoms with Crippen molar-refractivity contribution >= 4 is 23.7 Å². The Hall–Kier alpha value is -4.13. The maximum Gasteiger partial charge on any atom is 0.271 e. The molecule has 0 atom stereocenters. The lowest BCUT2D eigenvalue weighted by molar-refractivity contribution is 0.0954. The van der Waals surface area contributed by atoms with Crippen LogP contribution in [0.3, 0.4) is 0 Å². The number of carbonyl (C=O) groups is 2. The molecule has 3 rings (SSSR count). The van der Waals surface area contributed by atoms with E-state index in [4.69, 9.17) is 9.47 Å². The molecule has 0 radical (unpaired) electrons. The molecule has 31 heavy (non-hydrogen) atoms. The Morgan fingerprint density at radius 3 is 2.32 bits per heavy atom. The Morgan fingerprint density at radius 2 is 1.65 bits per heavy atom. The molecule has 7 heteroatoms. The van der Waals surface area contributed by atoms with Crippen molar-refractivity contribution in [2.45, 2.75) is 6.92 Å². The van der Waals surface area contributed by atoms with Crippen molar-refractivity contribution in [1.82, 2.24) is 5.43 Å². The van der Waals surface area contributed by atoms with Crippen molar-refractivity contribution in [3.8, 4) is 11.5 Å². The topological polar surface area (TPSA) is 89.0 Å². The third-order valence-corrected chi connectivity index (χ3v) is 4.61. The fourth-order valence-corrected chi connectivity index (χ4v) is 2.88. The van der Waals surface area contributed by atoms with E-state index < -0.39 is 0 Å². The van der Waals surface area contributed by atoms with Crippen LogP contribution in [0.15, 0.2) is 71.8 Å². The SMILES string of the molecule is COc1ccc(C=NNC(=O)c2ccc(NC(=O)c3ccccc3C)cc2)c(OC)c1. The number of amides is 2. The quantitative estimate of drug-likeness (QED) is 0.449. The van der Waals surface area contributed by atoms with E-state index in [1.165, 1.54) is 6.21 Å². The van der Waals surface area contributed by atoms with Crippen LogP contribution in [0.4, 0.5) is 5.69 Å². The number of rotatable bonds is 7. The largest absolute Gasteiger partial charge is 0.497 e. The zero-order chi connectivity index (χ0) is 22.2. The molecule has 7 nitrogen and oxygen atoms in total. The summed E-state index contributed by atoms with van der Waals surface area (Å²) in [6, 6.07) is 19.2. The second-order valence-corrected chi connectivity index (χ2v) is 6.65. The average Bonchev–Trinajstić information content (AvgIpc) is 2.79. The van der Waals surface area contributed by atoms with Crippen LogP contribution in [-0.2, 0) is 0 Å². The minimum absolute atomic E-state index is 0.201. The van der Waals surface area contributed by atoms with Crippen LogP contribution in [0, 0.1) is 6.92 Å². The van der Waals surface area contributed by atoms with Crippen molar-refractivity contribution < 1.29 is 19.1 Å². The molecule has 0 unspecified atom stereocenters. The van der Waals surface area contributed by atoms with Crippen LogP contribution >= 0.6 is 0 Å². The minimum atomic E-state index is -0.375. The summed E-state index contributed by atoms with van der Waals surface area (Å²) in [7, 11) is 3.12. The number of hydrogen-bond donors (Lipinski definition) is 2. The summed E-state index contributed by atoms with van der Waals surface area (Å²) >= 11 is 0. The molecule has 0 fully saturated rings. The number of anilines is 1. The first-order valence-electron chi connectivity index (χ1n) is 9.54. The molecule has 0 aromatic heterocycles. The summed E-state index contributed by atoms with van der Waals surface area (Å²) in [6.45, 7) is 1.88. The second-order valence-electron chi connectivity index (χ2n) is 6.65. The predicted molar refractivity (Wildman–Crippen MR) is 120 cm³/mol. The molecule has 3 aromatic carbocycles. The Labute approximate surface area is 180 Å². The predicted octanol–water partition coefficient (Wildman–Crippen LogP) is 4.03. The van der Waals surface area contributed by atoms with E-state index in [1.54, 1.807) is 62.8 Å². The van der Waals surface area contributed by atoms with Crippen LogP contribution in [-0.4, -0.2) is 32.2 Å². The van der Waals surface area contributed by atoms with E-state index >= 15 is 0 Å². The lowest BCUT2D eigenvalue weighted by Crippen LogP contribution is -2.18. The number of nitrogens with one attached hydrogen (secondary N) is 2. The Kier molecular flexibility index (Phi) is 7.01. The van der Waals surface area contributed by atoms with Crippen molar-refractivity contribution in [3.05, 3.63) is 89.0 Å². The highest BCUT2D eigenvalue weighted by atomic mass is 16.5. The molecule has 0 saturated heterocycles. The molecule has 0 spiro atoms. The lowest BCUT2D eigenvalue weighted by Gasteiger charge is -2.08. The number of ether oxygens (including phenoxy) is 2. The van der Waals surface area contributed by atoms with Gasteiger partial charge in [0.15, 0.2) is 0 Å². The average molecular weight is 417 g/mol. The maximum atomic E-state index is 12.4. The number of nitrogens with zero attached hydrogens (tertiary/aromatic N) is 1. The normalized spacial score (nSPS) is 10.5. The van der Waals surface area contributed by atoms with Gasteiger partial charge in [-0.05, 0) is 55.0 Å². The maximum absolute atomic E-state index is 12.4. The number of aryl methyl sites for hydroxylation is 1. The Balaban J connectivity index is 1.61. The van der Waals surface area contributed by atoms with Crippen molar-refractivity contribution in [2.75, 3.05) is 19.5 Å². The van der Waals surface area contributed by atoms with Gasteiger partial charge in [0.2, 0.25) is 0 Å². The number of hydrazone groups is 1. The number of hydrogen-bond acceptors (Lipinski definition) is 5. The summed E-state index contributed by atoms with van der Waals surface area (Å²) in [5.74, 6) is 0.660. The zero-order valence-corrected chi connectivity index (χ0v) is 17.5. The van der Waals surface area contributed by atoms with Gasteiger partial charge in [-0.1, -0.05) is 18.2 Å². The first-order valence-corrected chi connectivity index (χ1v) is 9.54. The van der Waals surface area contributed by atoms with Crippen LogP contribution in [0.25, 0.3) is 0 Å². The monoisotopic (exact) mass is 417 g/mol. The van der Waals surface area contributed by atoms with Gasteiger partial charge in [-0.2, -0.15) is 5.10 Å². The van der Waals surface area contributed by atoms with Crippen LogP contribution in [0.1, 0.15) is 31.8 Å². The minimum Gasteiger partial charge on any atom is -0.497 e. The van der Waals surface area contributed by atoms with Crippen LogP contribution in [0.2, 0.25) is 0 Å². The molecule has 2 amide bonds. The fourth-order valence-electron chi connectivity index (χ4n) is 2.88. The fraction of sp³-hybridized carbons (Fsp3) is 0.125. The Bertz CT molecular complexity index is 1110. The molecule has 3 aromatic rings. The van der Waals surface area contributed by atoms with Gasteiger partial charge in [0, 0.05) is 28.4 Å². The Morgan fingerprint density at radius 1 is 0.903 bits per heavy atom. The highest BCUT2D eigenvalue weighted by molar-refractivity contribution is 6.05. The molecule has 2 N–H and O–H groups in total.